The van der Waals surface area contributed by atoms with Gasteiger partial charge in [-0.1, -0.05) is 34.1 Å². The predicted octanol–water partition coefficient (Wildman–Crippen LogP) is 4.62. The molecule has 3 aromatic rings. The van der Waals surface area contributed by atoms with Crippen molar-refractivity contribution < 1.29 is 47.1 Å². The molecule has 5 aliphatic rings. The number of hydrogen-bond acceptors (Lipinski definition) is 10. The number of amides is 3. The summed E-state index contributed by atoms with van der Waals surface area (Å²) in [6.45, 7) is 9.25. The molecule has 13 nitrogen and oxygen atoms in total. The maximum absolute atomic E-state index is 12.3. The first kappa shape index (κ1) is 41.5. The highest BCUT2D eigenvalue weighted by atomic mass is 79.9. The third-order valence-corrected chi connectivity index (χ3v) is 10.9. The van der Waals surface area contributed by atoms with Crippen molar-refractivity contribution >= 4 is 59.5 Å². The zero-order valence-electron chi connectivity index (χ0n) is 31.2. The first-order valence-electron chi connectivity index (χ1n) is 18.5. The van der Waals surface area contributed by atoms with E-state index in [-0.39, 0.29) is 19.7 Å². The second-order valence-corrected chi connectivity index (χ2v) is 15.1. The monoisotopic (exact) mass is 842 g/mol. The van der Waals surface area contributed by atoms with Gasteiger partial charge in [0.1, 0.15) is 13.2 Å². The fourth-order valence-electron chi connectivity index (χ4n) is 7.19. The second kappa shape index (κ2) is 18.0. The number of rotatable bonds is 5. The minimum atomic E-state index is -4.92. The van der Waals surface area contributed by atoms with Gasteiger partial charge in [-0.25, -0.2) is 14.6 Å². The van der Waals surface area contributed by atoms with Crippen molar-refractivity contribution in [1.29, 1.82) is 0 Å². The van der Waals surface area contributed by atoms with Gasteiger partial charge in [0.25, 0.3) is 0 Å². The number of nitrogens with one attached hydrogen (secondary N) is 1. The maximum Gasteiger partial charge on any atom is 0.472 e. The van der Waals surface area contributed by atoms with E-state index in [0.29, 0.717) is 45.0 Å². The van der Waals surface area contributed by atoms with Crippen LogP contribution in [-0.4, -0.2) is 109 Å². The van der Waals surface area contributed by atoms with Crippen molar-refractivity contribution in [3.05, 3.63) is 92.5 Å². The summed E-state index contributed by atoms with van der Waals surface area (Å²) in [5.41, 5.74) is 10.4. The van der Waals surface area contributed by atoms with Crippen molar-refractivity contribution in [1.82, 2.24) is 20.1 Å². The SMILES string of the molecule is CB(O)N1CCc2ccc(Br)cc2C1.CB(O)N1CCc2ccc(N3CCOC3=O)cc2C1.O=C1OCCN1c1ccc2c(c1)CN(NC(=O)C(F)(F)F)CC2. The number of alkyl halides is 3. The summed E-state index contributed by atoms with van der Waals surface area (Å²) < 4.78 is 47.9. The van der Waals surface area contributed by atoms with Crippen molar-refractivity contribution in [2.24, 2.45) is 0 Å². The van der Waals surface area contributed by atoms with E-state index in [1.165, 1.54) is 32.2 Å². The Kier molecular flexibility index (Phi) is 13.3. The second-order valence-electron chi connectivity index (χ2n) is 14.2. The van der Waals surface area contributed by atoms with Gasteiger partial charge in [-0.15, -0.1) is 0 Å². The highest BCUT2D eigenvalue weighted by Gasteiger charge is 2.40. The zero-order valence-corrected chi connectivity index (χ0v) is 32.8. The molecule has 2 saturated heterocycles. The predicted molar refractivity (Wildman–Crippen MR) is 209 cm³/mol. The Morgan fingerprint density at radius 1 is 0.679 bits per heavy atom. The smallest absolute Gasteiger partial charge is 0.447 e. The molecule has 3 N–H and O–H groups in total. The van der Waals surface area contributed by atoms with Gasteiger partial charge in [-0.3, -0.25) is 20.0 Å². The molecule has 0 spiro atoms. The summed E-state index contributed by atoms with van der Waals surface area (Å²) in [6, 6.07) is 17.9. The third kappa shape index (κ3) is 10.2. The van der Waals surface area contributed by atoms with Crippen LogP contribution in [0.2, 0.25) is 13.6 Å². The number of halogens is 4. The Morgan fingerprint density at radius 2 is 1.12 bits per heavy atom. The van der Waals surface area contributed by atoms with Gasteiger partial charge in [0.2, 0.25) is 0 Å². The van der Waals surface area contributed by atoms with Gasteiger partial charge in [-0.2, -0.15) is 13.2 Å². The number of ether oxygens (including phenoxy) is 2. The standard InChI is InChI=1S/C14H14F3N3O3.C13H17BN2O3.C10H13BBrNO/c15-14(16,17)12(21)18-19-4-3-9-1-2-11(7-10(9)8-19)20-5-6-23-13(20)22;1-14(18)15-5-4-10-2-3-12(8-11(10)9-15)16-6-7-19-13(16)17;1-11(14)13-5-4-8-2-3-10(12)6-9(8)7-13/h1-2,7H,3-6,8H2,(H,18,21);2-3,8,18H,4-7,9H2,1H3;2-3,6,14H,4-5,7H2,1H3. The molecule has 5 aliphatic heterocycles. The fraction of sp³-hybridized carbons (Fsp3) is 0.432. The molecule has 8 rings (SSSR count). The molecule has 2 fully saturated rings. The highest BCUT2D eigenvalue weighted by Crippen LogP contribution is 2.28. The number of hydrogen-bond donors (Lipinski definition) is 3. The molecule has 5 heterocycles. The van der Waals surface area contributed by atoms with E-state index in [1.807, 2.05) is 35.3 Å². The highest BCUT2D eigenvalue weighted by molar-refractivity contribution is 9.10. The van der Waals surface area contributed by atoms with Crippen LogP contribution in [0.1, 0.15) is 33.4 Å². The number of hydrazine groups is 1. The van der Waals surface area contributed by atoms with Crippen LogP contribution < -0.4 is 15.2 Å². The summed E-state index contributed by atoms with van der Waals surface area (Å²) in [4.78, 5) is 41.4. The molecule has 3 amide bonds. The van der Waals surface area contributed by atoms with Gasteiger partial charge >= 0.3 is 38.4 Å². The van der Waals surface area contributed by atoms with Crippen LogP contribution in [0, 0.1) is 0 Å². The number of anilines is 2. The van der Waals surface area contributed by atoms with Crippen LogP contribution in [0.5, 0.6) is 0 Å². The number of fused-ring (bicyclic) bond motifs is 3. The van der Waals surface area contributed by atoms with E-state index in [9.17, 15) is 37.6 Å². The molecule has 0 saturated carbocycles. The Labute approximate surface area is 332 Å². The van der Waals surface area contributed by atoms with E-state index < -0.39 is 25.2 Å². The van der Waals surface area contributed by atoms with E-state index in [0.717, 1.165) is 60.3 Å². The van der Waals surface area contributed by atoms with Crippen LogP contribution in [0.3, 0.4) is 0 Å². The number of carbonyl (C=O) groups excluding carboxylic acids is 3. The lowest BCUT2D eigenvalue weighted by atomic mass is 9.81. The third-order valence-electron chi connectivity index (χ3n) is 10.4. The van der Waals surface area contributed by atoms with E-state index in [1.54, 1.807) is 23.9 Å². The van der Waals surface area contributed by atoms with Gasteiger partial charge in [-0.05, 0) is 116 Å². The molecule has 0 radical (unpaired) electrons. The molecular formula is C37H44B2BrF3N6O7. The zero-order chi connectivity index (χ0) is 40.1. The minimum Gasteiger partial charge on any atom is -0.447 e. The van der Waals surface area contributed by atoms with E-state index in [4.69, 9.17) is 9.47 Å². The van der Waals surface area contributed by atoms with Crippen LogP contribution in [0.25, 0.3) is 0 Å². The summed E-state index contributed by atoms with van der Waals surface area (Å²) in [7, 11) is -0.782. The molecule has 0 aliphatic carbocycles. The van der Waals surface area contributed by atoms with Crippen molar-refractivity contribution in [3.63, 3.8) is 0 Å². The summed E-state index contributed by atoms with van der Waals surface area (Å²) >= 11 is 3.47. The summed E-state index contributed by atoms with van der Waals surface area (Å²) in [5, 5.41) is 20.4. The van der Waals surface area contributed by atoms with E-state index >= 15 is 0 Å². The molecule has 0 unspecified atom stereocenters. The van der Waals surface area contributed by atoms with Crippen LogP contribution >= 0.6 is 15.9 Å². The molecule has 56 heavy (non-hydrogen) atoms. The van der Waals surface area contributed by atoms with Crippen molar-refractivity contribution in [2.75, 3.05) is 55.7 Å². The Hall–Kier alpha value is -4.13. The Bertz CT molecular complexity index is 1930. The lowest BCUT2D eigenvalue weighted by molar-refractivity contribution is -0.179. The Balaban J connectivity index is 0.000000147. The molecule has 0 atom stereocenters. The normalized spacial score (nSPS) is 18.3. The quantitative estimate of drug-likeness (QED) is 0.312. The number of cyclic esters (lactones) is 2. The van der Waals surface area contributed by atoms with Crippen molar-refractivity contribution in [3.8, 4) is 0 Å². The molecule has 0 aromatic heterocycles. The lowest BCUT2D eigenvalue weighted by Gasteiger charge is -2.30. The first-order chi connectivity index (χ1) is 26.7. The first-order valence-corrected chi connectivity index (χ1v) is 19.3. The minimum absolute atomic E-state index is 0.147. The molecule has 298 valence electrons. The topological polar surface area (TPSA) is 138 Å². The van der Waals surface area contributed by atoms with Crippen molar-refractivity contribution in [2.45, 2.75) is 58.7 Å². The van der Waals surface area contributed by atoms with Gasteiger partial charge in [0.15, 0.2) is 0 Å². The lowest BCUT2D eigenvalue weighted by Crippen LogP contribution is -2.49. The number of benzene rings is 3. The average Bonchev–Trinajstić information content (AvgIpc) is 3.81. The summed E-state index contributed by atoms with van der Waals surface area (Å²) in [6.07, 6.45) is -3.15. The largest absolute Gasteiger partial charge is 0.472 e. The van der Waals surface area contributed by atoms with E-state index in [2.05, 4.69) is 45.0 Å². The van der Waals surface area contributed by atoms with Gasteiger partial charge < -0.3 is 29.1 Å². The van der Waals surface area contributed by atoms with Gasteiger partial charge in [0, 0.05) is 42.0 Å². The van der Waals surface area contributed by atoms with Gasteiger partial charge in [0.05, 0.1) is 13.1 Å². The number of carbonyl (C=O) groups is 3. The molecular weight excluding hydrogens is 799 g/mol. The van der Waals surface area contributed by atoms with Crippen LogP contribution in [0.15, 0.2) is 59.1 Å². The maximum atomic E-state index is 12.3. The molecule has 0 bridgehead atoms. The Morgan fingerprint density at radius 3 is 1.57 bits per heavy atom. The molecule has 3 aromatic carbocycles. The molecule has 19 heteroatoms. The average molecular weight is 843 g/mol. The number of nitrogens with zero attached hydrogens (tertiary/aromatic N) is 5. The fourth-order valence-corrected chi connectivity index (χ4v) is 7.60. The van der Waals surface area contributed by atoms with Crippen LogP contribution in [0.4, 0.5) is 34.1 Å². The van der Waals surface area contributed by atoms with Crippen LogP contribution in [-0.2, 0) is 53.2 Å². The summed E-state index contributed by atoms with van der Waals surface area (Å²) in [5.74, 6) is -1.99.